The van der Waals surface area contributed by atoms with Crippen LogP contribution in [0.1, 0.15) is 36.7 Å². The molecule has 3 heteroatoms. The summed E-state index contributed by atoms with van der Waals surface area (Å²) in [5, 5.41) is 3.86. The quantitative estimate of drug-likeness (QED) is 0.882. The van der Waals surface area contributed by atoms with Gasteiger partial charge in [-0.05, 0) is 51.2 Å². The summed E-state index contributed by atoms with van der Waals surface area (Å²) in [6.45, 7) is 7.54. The van der Waals surface area contributed by atoms with Gasteiger partial charge in [0.25, 0.3) is 0 Å². The average Bonchev–Trinajstić information content (AvgIpc) is 3.07. The fourth-order valence-corrected chi connectivity index (χ4v) is 3.16. The molecule has 0 radical (unpaired) electrons. The SMILES string of the molecule is Cc1ccccc1CC1(NC(C)Cn2ccnc2C)CC1. The molecule has 0 amide bonds. The second-order valence-corrected chi connectivity index (χ2v) is 6.56. The smallest absolute Gasteiger partial charge is 0.105 e. The van der Waals surface area contributed by atoms with E-state index in [2.05, 4.69) is 66.1 Å². The maximum absolute atomic E-state index is 4.30. The minimum Gasteiger partial charge on any atom is -0.334 e. The van der Waals surface area contributed by atoms with Crippen molar-refractivity contribution in [1.82, 2.24) is 14.9 Å². The standard InChI is InChI=1S/C18H25N3/c1-14-6-4-5-7-17(14)12-18(8-9-18)20-15(2)13-21-11-10-19-16(21)3/h4-7,10-11,15,20H,8-9,12-13H2,1-3H3. The van der Waals surface area contributed by atoms with Crippen LogP contribution in [0.3, 0.4) is 0 Å². The first-order valence-electron chi connectivity index (χ1n) is 7.88. The Morgan fingerprint density at radius 2 is 2.05 bits per heavy atom. The van der Waals surface area contributed by atoms with Crippen LogP contribution in [0.15, 0.2) is 36.7 Å². The zero-order valence-electron chi connectivity index (χ0n) is 13.3. The van der Waals surface area contributed by atoms with Gasteiger partial charge in [-0.15, -0.1) is 0 Å². The van der Waals surface area contributed by atoms with E-state index < -0.39 is 0 Å². The molecule has 3 nitrogen and oxygen atoms in total. The fourth-order valence-electron chi connectivity index (χ4n) is 3.16. The van der Waals surface area contributed by atoms with Gasteiger partial charge < -0.3 is 9.88 Å². The molecule has 1 aromatic carbocycles. The third kappa shape index (κ3) is 3.35. The second-order valence-electron chi connectivity index (χ2n) is 6.56. The number of aryl methyl sites for hydroxylation is 2. The van der Waals surface area contributed by atoms with Gasteiger partial charge in [-0.2, -0.15) is 0 Å². The van der Waals surface area contributed by atoms with Crippen LogP contribution < -0.4 is 5.32 Å². The molecular weight excluding hydrogens is 258 g/mol. The fraction of sp³-hybridized carbons (Fsp3) is 0.500. The highest BCUT2D eigenvalue weighted by Gasteiger charge is 2.43. The van der Waals surface area contributed by atoms with Gasteiger partial charge in [0.05, 0.1) is 0 Å². The zero-order valence-corrected chi connectivity index (χ0v) is 13.3. The maximum Gasteiger partial charge on any atom is 0.105 e. The van der Waals surface area contributed by atoms with Crippen molar-refractivity contribution in [3.05, 3.63) is 53.6 Å². The van der Waals surface area contributed by atoms with Gasteiger partial charge in [0.15, 0.2) is 0 Å². The lowest BCUT2D eigenvalue weighted by atomic mass is 9.99. The normalized spacial score (nSPS) is 17.7. The number of aromatic nitrogens is 2. The number of hydrogen-bond donors (Lipinski definition) is 1. The molecule has 0 saturated heterocycles. The van der Waals surface area contributed by atoms with Gasteiger partial charge in [-0.3, -0.25) is 0 Å². The molecule has 1 N–H and O–H groups in total. The van der Waals surface area contributed by atoms with Crippen LogP contribution in [0.4, 0.5) is 0 Å². The summed E-state index contributed by atoms with van der Waals surface area (Å²) in [4.78, 5) is 4.30. The third-order valence-electron chi connectivity index (χ3n) is 4.59. The van der Waals surface area contributed by atoms with E-state index in [0.717, 1.165) is 18.8 Å². The summed E-state index contributed by atoms with van der Waals surface area (Å²) in [6, 6.07) is 9.21. The van der Waals surface area contributed by atoms with E-state index in [1.54, 1.807) is 0 Å². The van der Waals surface area contributed by atoms with Crippen LogP contribution in [0, 0.1) is 13.8 Å². The van der Waals surface area contributed by atoms with E-state index in [1.165, 1.54) is 24.0 Å². The Morgan fingerprint density at radius 3 is 2.67 bits per heavy atom. The molecule has 2 aromatic rings. The number of hydrogen-bond acceptors (Lipinski definition) is 2. The van der Waals surface area contributed by atoms with Crippen LogP contribution in [0.2, 0.25) is 0 Å². The lowest BCUT2D eigenvalue weighted by molar-refractivity contribution is 0.388. The van der Waals surface area contributed by atoms with Crippen molar-refractivity contribution in [2.24, 2.45) is 0 Å². The van der Waals surface area contributed by atoms with E-state index in [0.29, 0.717) is 11.6 Å². The highest BCUT2D eigenvalue weighted by molar-refractivity contribution is 5.29. The van der Waals surface area contributed by atoms with Gasteiger partial charge in [0.1, 0.15) is 5.82 Å². The predicted octanol–water partition coefficient (Wildman–Crippen LogP) is 3.25. The molecule has 1 aliphatic rings. The van der Waals surface area contributed by atoms with E-state index in [9.17, 15) is 0 Å². The van der Waals surface area contributed by atoms with E-state index in [4.69, 9.17) is 0 Å². The Morgan fingerprint density at radius 1 is 1.29 bits per heavy atom. The third-order valence-corrected chi connectivity index (χ3v) is 4.59. The van der Waals surface area contributed by atoms with Crippen molar-refractivity contribution < 1.29 is 0 Å². The van der Waals surface area contributed by atoms with Gasteiger partial charge in [-0.1, -0.05) is 24.3 Å². The number of benzene rings is 1. The Balaban J connectivity index is 1.62. The molecular formula is C18H25N3. The molecule has 1 heterocycles. The summed E-state index contributed by atoms with van der Waals surface area (Å²) in [7, 11) is 0. The largest absolute Gasteiger partial charge is 0.334 e. The van der Waals surface area contributed by atoms with Gasteiger partial charge >= 0.3 is 0 Å². The number of nitrogens with zero attached hydrogens (tertiary/aromatic N) is 2. The summed E-state index contributed by atoms with van der Waals surface area (Å²) in [6.07, 6.45) is 7.66. The summed E-state index contributed by atoms with van der Waals surface area (Å²) < 4.78 is 2.22. The molecule has 0 bridgehead atoms. The molecule has 1 unspecified atom stereocenters. The minimum absolute atomic E-state index is 0.319. The van der Waals surface area contributed by atoms with Gasteiger partial charge in [0, 0.05) is 30.5 Å². The number of rotatable bonds is 6. The van der Waals surface area contributed by atoms with E-state index in [-0.39, 0.29) is 0 Å². The van der Waals surface area contributed by atoms with Crippen LogP contribution in [-0.4, -0.2) is 21.1 Å². The van der Waals surface area contributed by atoms with Crippen molar-refractivity contribution in [2.45, 2.75) is 58.2 Å². The summed E-state index contributed by atoms with van der Waals surface area (Å²) in [5.41, 5.74) is 3.21. The summed E-state index contributed by atoms with van der Waals surface area (Å²) in [5.74, 6) is 1.09. The van der Waals surface area contributed by atoms with E-state index in [1.807, 2.05) is 6.20 Å². The topological polar surface area (TPSA) is 29.9 Å². The molecule has 1 fully saturated rings. The first kappa shape index (κ1) is 14.3. The Hall–Kier alpha value is -1.61. The van der Waals surface area contributed by atoms with Gasteiger partial charge in [0.2, 0.25) is 0 Å². The lowest BCUT2D eigenvalue weighted by Gasteiger charge is -2.24. The monoisotopic (exact) mass is 283 g/mol. The second kappa shape index (κ2) is 5.64. The van der Waals surface area contributed by atoms with Crippen LogP contribution in [0.5, 0.6) is 0 Å². The molecule has 112 valence electrons. The zero-order chi connectivity index (χ0) is 14.9. The molecule has 3 rings (SSSR count). The maximum atomic E-state index is 4.30. The van der Waals surface area contributed by atoms with Crippen molar-refractivity contribution >= 4 is 0 Å². The van der Waals surface area contributed by atoms with Crippen LogP contribution in [-0.2, 0) is 13.0 Å². The molecule has 1 atom stereocenters. The lowest BCUT2D eigenvalue weighted by Crippen LogP contribution is -2.42. The van der Waals surface area contributed by atoms with Crippen molar-refractivity contribution in [3.63, 3.8) is 0 Å². The molecule has 21 heavy (non-hydrogen) atoms. The van der Waals surface area contributed by atoms with Crippen LogP contribution in [0.25, 0.3) is 0 Å². The Kier molecular flexibility index (Phi) is 3.85. The number of nitrogens with one attached hydrogen (secondary N) is 1. The van der Waals surface area contributed by atoms with Crippen LogP contribution >= 0.6 is 0 Å². The Labute approximate surface area is 127 Å². The molecule has 0 spiro atoms. The average molecular weight is 283 g/mol. The van der Waals surface area contributed by atoms with Crippen molar-refractivity contribution in [2.75, 3.05) is 0 Å². The first-order valence-corrected chi connectivity index (χ1v) is 7.88. The molecule has 1 aliphatic carbocycles. The highest BCUT2D eigenvalue weighted by Crippen LogP contribution is 2.39. The van der Waals surface area contributed by atoms with Gasteiger partial charge in [-0.25, -0.2) is 4.98 Å². The molecule has 0 aliphatic heterocycles. The van der Waals surface area contributed by atoms with Crippen molar-refractivity contribution in [1.29, 1.82) is 0 Å². The minimum atomic E-state index is 0.319. The summed E-state index contributed by atoms with van der Waals surface area (Å²) >= 11 is 0. The number of imidazole rings is 1. The predicted molar refractivity (Wildman–Crippen MR) is 86.4 cm³/mol. The first-order chi connectivity index (χ1) is 10.1. The highest BCUT2D eigenvalue weighted by atomic mass is 15.1. The Bertz CT molecular complexity index is 610. The van der Waals surface area contributed by atoms with Crippen molar-refractivity contribution in [3.8, 4) is 0 Å². The molecule has 1 aromatic heterocycles. The van der Waals surface area contributed by atoms with E-state index >= 15 is 0 Å². The molecule has 1 saturated carbocycles.